The number of carbonyl (C=O) groups is 1. The topological polar surface area (TPSA) is 86.7 Å². The van der Waals surface area contributed by atoms with Crippen LogP contribution in [0.1, 0.15) is 84.5 Å². The molecule has 15 atom stereocenters. The summed E-state index contributed by atoms with van der Waals surface area (Å²) in [7, 11) is 3.01. The number of aliphatic hydroxyl groups is 1. The highest BCUT2D eigenvalue weighted by atomic mass is 28.4. The molecule has 0 amide bonds. The number of carbonyl (C=O) groups excluding carboxylic acids is 1. The molecule has 9 heteroatoms. The van der Waals surface area contributed by atoms with Gasteiger partial charge in [-0.2, -0.15) is 0 Å². The Labute approximate surface area is 302 Å². The lowest BCUT2D eigenvalue weighted by Gasteiger charge is -2.71. The number of benzene rings is 1. The van der Waals surface area contributed by atoms with Gasteiger partial charge in [0.15, 0.2) is 8.32 Å². The quantitative estimate of drug-likeness (QED) is 0.209. The molecule has 1 spiro atoms. The van der Waals surface area contributed by atoms with Crippen molar-refractivity contribution in [1.82, 2.24) is 4.90 Å². The van der Waals surface area contributed by atoms with Gasteiger partial charge in [0.1, 0.15) is 17.8 Å². The van der Waals surface area contributed by atoms with E-state index in [1.165, 1.54) is 0 Å². The summed E-state index contributed by atoms with van der Waals surface area (Å²) in [6, 6.07) is 9.51. The van der Waals surface area contributed by atoms with Gasteiger partial charge in [-0.25, -0.2) is 4.79 Å². The maximum Gasteiger partial charge on any atom is 0.338 e. The third-order valence-corrected chi connectivity index (χ3v) is 21.2. The zero-order chi connectivity index (χ0) is 36.4. The molecule has 6 fully saturated rings. The molecule has 0 aromatic heterocycles. The number of hydrogen-bond donors (Lipinski definition) is 1. The number of aliphatic hydroxyl groups excluding tert-OH is 1. The fourth-order valence-electron chi connectivity index (χ4n) is 14.0. The minimum absolute atomic E-state index is 0.00286. The highest BCUT2D eigenvalue weighted by molar-refractivity contribution is 6.74. The molecule has 7 unspecified atom stereocenters. The van der Waals surface area contributed by atoms with E-state index in [0.717, 1.165) is 32.4 Å². The van der Waals surface area contributed by atoms with Gasteiger partial charge >= 0.3 is 5.97 Å². The lowest BCUT2D eigenvalue weighted by molar-refractivity contribution is -0.294. The Morgan fingerprint density at radius 3 is 2.20 bits per heavy atom. The van der Waals surface area contributed by atoms with Crippen LogP contribution in [-0.2, 0) is 23.4 Å². The Kier molecular flexibility index (Phi) is 8.95. The van der Waals surface area contributed by atoms with E-state index in [4.69, 9.17) is 23.4 Å². The third kappa shape index (κ3) is 4.23. The Balaban J connectivity index is 1.55. The molecule has 7 bridgehead atoms. The second-order valence-corrected chi connectivity index (χ2v) is 23.3. The van der Waals surface area contributed by atoms with Crippen LogP contribution in [-0.4, -0.2) is 101 Å². The average Bonchev–Trinajstić information content (AvgIpc) is 3.46. The van der Waals surface area contributed by atoms with Crippen molar-refractivity contribution < 1.29 is 33.3 Å². The second kappa shape index (κ2) is 12.1. The number of piperidine rings is 1. The minimum atomic E-state index is -2.53. The molecule has 1 aromatic carbocycles. The molecule has 1 saturated heterocycles. The summed E-state index contributed by atoms with van der Waals surface area (Å²) in [5.41, 5.74) is -1.40. The maximum absolute atomic E-state index is 14.4. The lowest BCUT2D eigenvalue weighted by Crippen LogP contribution is -2.78. The van der Waals surface area contributed by atoms with Gasteiger partial charge in [-0.1, -0.05) is 66.7 Å². The molecule has 8 nitrogen and oxygen atoms in total. The van der Waals surface area contributed by atoms with Gasteiger partial charge in [-0.15, -0.1) is 0 Å². The first-order chi connectivity index (χ1) is 23.6. The SMILES string of the molecule is CCN1CC2(CC)C3C(OC)C4C1C3([C@@H](OC)C[C@H]2C)[C@H]1C[C@@]2(O[Si](C)(C)C(C)(C)C)[C@H](OC(=O)c3ccccc3)C1[C@]4(CC)[C@@H](O)[C@@H]2OC. The highest BCUT2D eigenvalue weighted by Gasteiger charge is 2.90. The number of esters is 1. The first kappa shape index (κ1) is 37.0. The highest BCUT2D eigenvalue weighted by Crippen LogP contribution is 2.83. The molecule has 0 radical (unpaired) electrons. The molecule has 7 rings (SSSR count). The van der Waals surface area contributed by atoms with E-state index in [9.17, 15) is 9.90 Å². The Hall–Kier alpha value is -1.33. The van der Waals surface area contributed by atoms with Crippen LogP contribution in [0.25, 0.3) is 0 Å². The average molecular weight is 712 g/mol. The van der Waals surface area contributed by atoms with Gasteiger partial charge in [0, 0.05) is 62.5 Å². The predicted octanol–water partition coefficient (Wildman–Crippen LogP) is 6.81. The van der Waals surface area contributed by atoms with Crippen molar-refractivity contribution in [2.75, 3.05) is 34.4 Å². The van der Waals surface area contributed by atoms with Crippen molar-refractivity contribution in [3.05, 3.63) is 35.9 Å². The van der Waals surface area contributed by atoms with E-state index in [0.29, 0.717) is 17.9 Å². The van der Waals surface area contributed by atoms with Crippen LogP contribution >= 0.6 is 0 Å². The monoisotopic (exact) mass is 711 g/mol. The number of ether oxygens (including phenoxy) is 4. The summed E-state index contributed by atoms with van der Waals surface area (Å²) in [6.45, 7) is 22.7. The summed E-state index contributed by atoms with van der Waals surface area (Å²) in [6.07, 6.45) is 1.21. The van der Waals surface area contributed by atoms with Crippen LogP contribution in [0.3, 0.4) is 0 Å². The summed E-state index contributed by atoms with van der Waals surface area (Å²) >= 11 is 0. The smallest absolute Gasteiger partial charge is 0.338 e. The van der Waals surface area contributed by atoms with Crippen molar-refractivity contribution in [2.24, 2.45) is 45.8 Å². The van der Waals surface area contributed by atoms with Crippen LogP contribution in [0.2, 0.25) is 18.1 Å². The van der Waals surface area contributed by atoms with Crippen LogP contribution in [0.15, 0.2) is 30.3 Å². The van der Waals surface area contributed by atoms with E-state index in [1.54, 1.807) is 7.11 Å². The van der Waals surface area contributed by atoms with Gasteiger partial charge in [-0.05, 0) is 79.7 Å². The summed E-state index contributed by atoms with van der Waals surface area (Å²) < 4.78 is 34.9. The molecule has 1 aliphatic heterocycles. The van der Waals surface area contributed by atoms with Gasteiger partial charge in [0.2, 0.25) is 0 Å². The third-order valence-electron chi connectivity index (χ3n) is 16.7. The maximum atomic E-state index is 14.4. The number of fused-ring (bicyclic) bond motifs is 2. The largest absolute Gasteiger partial charge is 0.455 e. The molecule has 1 N–H and O–H groups in total. The van der Waals surface area contributed by atoms with E-state index in [1.807, 2.05) is 44.6 Å². The zero-order valence-corrected chi connectivity index (χ0v) is 33.8. The first-order valence-electron chi connectivity index (χ1n) is 19.6. The number of rotatable bonds is 10. The molecule has 1 heterocycles. The zero-order valence-electron chi connectivity index (χ0n) is 32.8. The molecule has 50 heavy (non-hydrogen) atoms. The first-order valence-corrected chi connectivity index (χ1v) is 22.5. The van der Waals surface area contributed by atoms with E-state index < -0.39 is 37.6 Å². The van der Waals surface area contributed by atoms with Crippen molar-refractivity contribution in [3.8, 4) is 0 Å². The predicted molar refractivity (Wildman–Crippen MR) is 196 cm³/mol. The normalized spacial score (nSPS) is 47.7. The fraction of sp³-hybridized carbons (Fsp3) is 0.829. The van der Waals surface area contributed by atoms with Gasteiger partial charge in [0.05, 0.1) is 23.9 Å². The van der Waals surface area contributed by atoms with Gasteiger partial charge in [-0.3, -0.25) is 4.90 Å². The van der Waals surface area contributed by atoms with Gasteiger partial charge in [0.25, 0.3) is 0 Å². The Bertz CT molecular complexity index is 1450. The standard InChI is InChI=1S/C41H65NO7Si/c1-13-38-23-42(15-3)32-29-30(46-9)31(38)41(32,27(45-8)21-24(38)4)26-22-40(49-50(11,12)37(5,6)7)34(48-36(44)25-19-17-16-18-20-25)28(26)39(29,14-2)33(43)35(40)47-10/h16-20,24,26-35,43H,13-15,21-23H2,1-12H3/t24-,26+,27+,28?,29?,30?,31?,32?,33+,34-,35+,38?,39+,40-,41?/m1/s1. The molecule has 280 valence electrons. The van der Waals surface area contributed by atoms with Crippen LogP contribution in [0.5, 0.6) is 0 Å². The van der Waals surface area contributed by atoms with Crippen molar-refractivity contribution in [2.45, 2.75) is 134 Å². The van der Waals surface area contributed by atoms with Crippen LogP contribution in [0, 0.1) is 45.8 Å². The Morgan fingerprint density at radius 1 is 0.980 bits per heavy atom. The summed E-state index contributed by atoms with van der Waals surface area (Å²) in [4.78, 5) is 17.1. The summed E-state index contributed by atoms with van der Waals surface area (Å²) in [5.74, 6) is 0.226. The molecule has 1 aromatic rings. The molecular formula is C41H65NO7Si. The lowest BCUT2D eigenvalue weighted by atomic mass is 9.39. The van der Waals surface area contributed by atoms with E-state index >= 15 is 0 Å². The Morgan fingerprint density at radius 2 is 1.66 bits per heavy atom. The van der Waals surface area contributed by atoms with Crippen LogP contribution in [0.4, 0.5) is 0 Å². The number of likely N-dealkylation sites (tertiary alicyclic amines) is 1. The number of hydrogen-bond acceptors (Lipinski definition) is 8. The van der Waals surface area contributed by atoms with Gasteiger partial charge < -0.3 is 28.5 Å². The van der Waals surface area contributed by atoms with E-state index in [2.05, 4.69) is 66.5 Å². The van der Waals surface area contributed by atoms with Crippen molar-refractivity contribution >= 4 is 14.3 Å². The minimum Gasteiger partial charge on any atom is -0.455 e. The summed E-state index contributed by atoms with van der Waals surface area (Å²) in [5, 5.41) is 13.1. The second-order valence-electron chi connectivity index (χ2n) is 18.6. The molecule has 6 aliphatic rings. The molecular weight excluding hydrogens is 647 g/mol. The number of nitrogens with zero attached hydrogens (tertiary/aromatic N) is 1. The van der Waals surface area contributed by atoms with Crippen molar-refractivity contribution in [3.63, 3.8) is 0 Å². The number of methoxy groups -OCH3 is 3. The van der Waals surface area contributed by atoms with E-state index in [-0.39, 0.29) is 63.8 Å². The molecule has 5 saturated carbocycles. The molecule has 5 aliphatic carbocycles. The van der Waals surface area contributed by atoms with Crippen molar-refractivity contribution in [1.29, 1.82) is 0 Å². The fourth-order valence-corrected chi connectivity index (χ4v) is 15.6. The van der Waals surface area contributed by atoms with Crippen LogP contribution < -0.4 is 0 Å².